The molecule has 4 nitrogen and oxygen atoms in total. The molecule has 0 spiro atoms. The van der Waals surface area contributed by atoms with Gasteiger partial charge >= 0.3 is 0 Å². The van der Waals surface area contributed by atoms with Crippen LogP contribution in [0.25, 0.3) is 11.0 Å². The number of halogens is 1. The summed E-state index contributed by atoms with van der Waals surface area (Å²) in [5, 5.41) is 3.66. The number of amides is 1. The van der Waals surface area contributed by atoms with Crippen molar-refractivity contribution in [3.8, 4) is 0 Å². The van der Waals surface area contributed by atoms with E-state index in [4.69, 9.17) is 11.6 Å². The Morgan fingerprint density at radius 1 is 1.12 bits per heavy atom. The SMILES string of the molecule is CC(C)(C)C(=O)Nc1nc2ccccc2n1Cc1ccc(Cl)cc1. The van der Waals surface area contributed by atoms with E-state index >= 15 is 0 Å². The smallest absolute Gasteiger partial charge is 0.232 e. The van der Waals surface area contributed by atoms with Crippen molar-refractivity contribution in [2.24, 2.45) is 5.41 Å². The number of nitrogens with zero attached hydrogens (tertiary/aromatic N) is 2. The second-order valence-corrected chi connectivity index (χ2v) is 7.28. The third-order valence-corrected chi connectivity index (χ3v) is 4.07. The molecule has 0 atom stereocenters. The molecule has 0 fully saturated rings. The lowest BCUT2D eigenvalue weighted by atomic mass is 9.96. The molecule has 2 aromatic carbocycles. The van der Waals surface area contributed by atoms with Crippen molar-refractivity contribution in [1.82, 2.24) is 9.55 Å². The second-order valence-electron chi connectivity index (χ2n) is 6.84. The van der Waals surface area contributed by atoms with E-state index < -0.39 is 5.41 Å². The lowest BCUT2D eigenvalue weighted by Gasteiger charge is -2.18. The van der Waals surface area contributed by atoms with E-state index in [1.54, 1.807) is 0 Å². The highest BCUT2D eigenvalue weighted by molar-refractivity contribution is 6.30. The number of anilines is 1. The van der Waals surface area contributed by atoms with Crippen LogP contribution in [0.3, 0.4) is 0 Å². The molecule has 0 aliphatic heterocycles. The van der Waals surface area contributed by atoms with Crippen LogP contribution in [0.5, 0.6) is 0 Å². The minimum Gasteiger partial charge on any atom is -0.305 e. The van der Waals surface area contributed by atoms with E-state index in [9.17, 15) is 4.79 Å². The van der Waals surface area contributed by atoms with Gasteiger partial charge in [-0.25, -0.2) is 4.98 Å². The number of carbonyl (C=O) groups is 1. The molecule has 3 aromatic rings. The van der Waals surface area contributed by atoms with Crippen LogP contribution in [-0.2, 0) is 11.3 Å². The van der Waals surface area contributed by atoms with Gasteiger partial charge in [0.15, 0.2) is 0 Å². The molecule has 0 radical (unpaired) electrons. The Balaban J connectivity index is 2.02. The number of fused-ring (bicyclic) bond motifs is 1. The Bertz CT molecular complexity index is 876. The van der Waals surface area contributed by atoms with Gasteiger partial charge < -0.3 is 4.57 Å². The molecule has 1 aromatic heterocycles. The minimum absolute atomic E-state index is 0.0600. The average molecular weight is 342 g/mol. The largest absolute Gasteiger partial charge is 0.305 e. The van der Waals surface area contributed by atoms with Gasteiger partial charge in [-0.1, -0.05) is 56.6 Å². The molecule has 24 heavy (non-hydrogen) atoms. The minimum atomic E-state index is -0.483. The summed E-state index contributed by atoms with van der Waals surface area (Å²) >= 11 is 5.96. The first kappa shape index (κ1) is 16.5. The van der Waals surface area contributed by atoms with Crippen molar-refractivity contribution in [3.05, 3.63) is 59.1 Å². The van der Waals surface area contributed by atoms with Crippen LogP contribution in [0.1, 0.15) is 26.3 Å². The van der Waals surface area contributed by atoms with E-state index in [2.05, 4.69) is 10.3 Å². The molecule has 124 valence electrons. The molecule has 0 aliphatic carbocycles. The predicted molar refractivity (Wildman–Crippen MR) is 98.4 cm³/mol. The number of imidazole rings is 1. The molecule has 1 N–H and O–H groups in total. The average Bonchev–Trinajstić information content (AvgIpc) is 2.86. The van der Waals surface area contributed by atoms with E-state index in [1.165, 1.54) is 0 Å². The van der Waals surface area contributed by atoms with Crippen molar-refractivity contribution in [1.29, 1.82) is 0 Å². The van der Waals surface area contributed by atoms with E-state index in [0.717, 1.165) is 16.6 Å². The Morgan fingerprint density at radius 2 is 1.79 bits per heavy atom. The maximum Gasteiger partial charge on any atom is 0.232 e. The Kier molecular flexibility index (Phi) is 4.33. The van der Waals surface area contributed by atoms with Crippen LogP contribution in [0.2, 0.25) is 5.02 Å². The molecule has 0 aliphatic rings. The third kappa shape index (κ3) is 3.44. The number of benzene rings is 2. The van der Waals surface area contributed by atoms with Crippen molar-refractivity contribution in [2.45, 2.75) is 27.3 Å². The first-order valence-corrected chi connectivity index (χ1v) is 8.23. The van der Waals surface area contributed by atoms with E-state index in [1.807, 2.05) is 73.9 Å². The second kappa shape index (κ2) is 6.29. The van der Waals surface area contributed by atoms with Crippen molar-refractivity contribution in [2.75, 3.05) is 5.32 Å². The Morgan fingerprint density at radius 3 is 2.46 bits per heavy atom. The summed E-state index contributed by atoms with van der Waals surface area (Å²) in [5.41, 5.74) is 2.45. The lowest BCUT2D eigenvalue weighted by molar-refractivity contribution is -0.123. The molecule has 5 heteroatoms. The predicted octanol–water partition coefficient (Wildman–Crippen LogP) is 4.72. The summed E-state index contributed by atoms with van der Waals surface area (Å²) in [5.74, 6) is 0.501. The number of hydrogen-bond acceptors (Lipinski definition) is 2. The Hall–Kier alpha value is -2.33. The third-order valence-electron chi connectivity index (χ3n) is 3.82. The first-order valence-electron chi connectivity index (χ1n) is 7.86. The molecule has 0 unspecified atom stereocenters. The summed E-state index contributed by atoms with van der Waals surface area (Å²) in [4.78, 5) is 17.0. The van der Waals surface area contributed by atoms with Gasteiger partial charge in [0.05, 0.1) is 17.6 Å². The monoisotopic (exact) mass is 341 g/mol. The quantitative estimate of drug-likeness (QED) is 0.749. The summed E-state index contributed by atoms with van der Waals surface area (Å²) < 4.78 is 2.02. The molecule has 0 saturated carbocycles. The zero-order valence-electron chi connectivity index (χ0n) is 14.0. The summed E-state index contributed by atoms with van der Waals surface area (Å²) in [6.07, 6.45) is 0. The number of para-hydroxylation sites is 2. The van der Waals surface area contributed by atoms with Crippen molar-refractivity contribution in [3.63, 3.8) is 0 Å². The summed E-state index contributed by atoms with van der Waals surface area (Å²) in [6, 6.07) is 15.5. The number of rotatable bonds is 3. The van der Waals surface area contributed by atoms with Crippen molar-refractivity contribution >= 4 is 34.5 Å². The van der Waals surface area contributed by atoms with Crippen LogP contribution in [0.4, 0.5) is 5.95 Å². The number of carbonyl (C=O) groups excluding carboxylic acids is 1. The van der Waals surface area contributed by atoms with Gasteiger partial charge in [0.25, 0.3) is 0 Å². The normalized spacial score (nSPS) is 11.7. The van der Waals surface area contributed by atoms with Crippen LogP contribution < -0.4 is 5.32 Å². The molecule has 1 heterocycles. The van der Waals surface area contributed by atoms with Gasteiger partial charge in [0.1, 0.15) is 0 Å². The highest BCUT2D eigenvalue weighted by Gasteiger charge is 2.23. The zero-order valence-corrected chi connectivity index (χ0v) is 14.8. The Labute approximate surface area is 146 Å². The molecule has 1 amide bonds. The number of hydrogen-bond donors (Lipinski definition) is 1. The maximum absolute atomic E-state index is 12.4. The fraction of sp³-hybridized carbons (Fsp3) is 0.263. The molecule has 0 saturated heterocycles. The van der Waals surface area contributed by atoms with Gasteiger partial charge in [0, 0.05) is 10.4 Å². The van der Waals surface area contributed by atoms with E-state index in [-0.39, 0.29) is 5.91 Å². The highest BCUT2D eigenvalue weighted by atomic mass is 35.5. The van der Waals surface area contributed by atoms with Crippen LogP contribution >= 0.6 is 11.6 Å². The van der Waals surface area contributed by atoms with Gasteiger partial charge in [-0.2, -0.15) is 0 Å². The topological polar surface area (TPSA) is 46.9 Å². The van der Waals surface area contributed by atoms with Crippen LogP contribution in [0.15, 0.2) is 48.5 Å². The van der Waals surface area contributed by atoms with E-state index in [0.29, 0.717) is 17.5 Å². The molecule has 3 rings (SSSR count). The highest BCUT2D eigenvalue weighted by Crippen LogP contribution is 2.24. The standard InChI is InChI=1S/C19H20ClN3O/c1-19(2,3)17(24)22-18-21-15-6-4-5-7-16(15)23(18)12-13-8-10-14(20)11-9-13/h4-11H,12H2,1-3H3,(H,21,22,24). The number of nitrogens with one attached hydrogen (secondary N) is 1. The molecular weight excluding hydrogens is 322 g/mol. The van der Waals surface area contributed by atoms with Gasteiger partial charge in [0.2, 0.25) is 11.9 Å². The molecular formula is C19H20ClN3O. The van der Waals surface area contributed by atoms with Gasteiger partial charge in [-0.3, -0.25) is 10.1 Å². The van der Waals surface area contributed by atoms with Crippen LogP contribution in [-0.4, -0.2) is 15.5 Å². The summed E-state index contributed by atoms with van der Waals surface area (Å²) in [7, 11) is 0. The summed E-state index contributed by atoms with van der Waals surface area (Å²) in [6.45, 7) is 6.26. The maximum atomic E-state index is 12.4. The molecule has 0 bridgehead atoms. The van der Waals surface area contributed by atoms with Gasteiger partial charge in [-0.05, 0) is 29.8 Å². The van der Waals surface area contributed by atoms with Crippen molar-refractivity contribution < 1.29 is 4.79 Å². The number of aromatic nitrogens is 2. The fourth-order valence-electron chi connectivity index (χ4n) is 2.39. The lowest BCUT2D eigenvalue weighted by Crippen LogP contribution is -2.29. The first-order chi connectivity index (χ1) is 11.3. The zero-order chi connectivity index (χ0) is 17.3. The van der Waals surface area contributed by atoms with Crippen LogP contribution in [0, 0.1) is 5.41 Å². The fourth-order valence-corrected chi connectivity index (χ4v) is 2.52. The van der Waals surface area contributed by atoms with Gasteiger partial charge in [-0.15, -0.1) is 0 Å².